The Morgan fingerprint density at radius 1 is 1.07 bits per heavy atom. The predicted molar refractivity (Wildman–Crippen MR) is 108 cm³/mol. The molecule has 0 atom stereocenters. The van der Waals surface area contributed by atoms with Gasteiger partial charge >= 0.3 is 5.97 Å². The van der Waals surface area contributed by atoms with E-state index in [4.69, 9.17) is 13.9 Å². The number of methoxy groups -OCH3 is 1. The summed E-state index contributed by atoms with van der Waals surface area (Å²) in [5.41, 5.74) is 1.59. The van der Waals surface area contributed by atoms with Gasteiger partial charge in [-0.15, -0.1) is 0 Å². The highest BCUT2D eigenvalue weighted by Crippen LogP contribution is 2.32. The minimum atomic E-state index is -0.540. The Hall–Kier alpha value is -3.93. The van der Waals surface area contributed by atoms with Crippen LogP contribution in [0.1, 0.15) is 16.1 Å². The first kappa shape index (κ1) is 18.4. The Morgan fingerprint density at radius 2 is 1.90 bits per heavy atom. The van der Waals surface area contributed by atoms with Crippen LogP contribution in [0.15, 0.2) is 76.2 Å². The van der Waals surface area contributed by atoms with Gasteiger partial charge in [0.15, 0.2) is 0 Å². The van der Waals surface area contributed by atoms with E-state index in [1.54, 1.807) is 50.6 Å². The third-order valence-electron chi connectivity index (χ3n) is 4.52. The number of benzene rings is 2. The van der Waals surface area contributed by atoms with Crippen molar-refractivity contribution in [2.75, 3.05) is 7.11 Å². The molecule has 0 amide bonds. The van der Waals surface area contributed by atoms with E-state index >= 15 is 0 Å². The lowest BCUT2D eigenvalue weighted by Gasteiger charge is -2.11. The first-order chi connectivity index (χ1) is 14.1. The number of ether oxygens (including phenoxy) is 2. The molecular formula is C23H17NO5. The normalized spacial score (nSPS) is 10.7. The van der Waals surface area contributed by atoms with Crippen LogP contribution in [-0.2, 0) is 0 Å². The molecule has 144 valence electrons. The molecule has 2 aromatic heterocycles. The quantitative estimate of drug-likeness (QED) is 0.382. The van der Waals surface area contributed by atoms with Crippen molar-refractivity contribution in [2.24, 2.45) is 0 Å². The highest BCUT2D eigenvalue weighted by Gasteiger charge is 2.18. The van der Waals surface area contributed by atoms with E-state index in [9.17, 15) is 9.59 Å². The van der Waals surface area contributed by atoms with Gasteiger partial charge in [-0.3, -0.25) is 9.78 Å². The molecule has 0 aliphatic carbocycles. The molecule has 29 heavy (non-hydrogen) atoms. The summed E-state index contributed by atoms with van der Waals surface area (Å²) in [5, 5.41) is 0.387. The van der Waals surface area contributed by atoms with Crippen LogP contribution in [0.25, 0.3) is 22.1 Å². The molecule has 6 nitrogen and oxygen atoms in total. The molecule has 0 N–H and O–H groups in total. The average Bonchev–Trinajstić information content (AvgIpc) is 2.74. The number of carbonyl (C=O) groups excluding carboxylic acids is 1. The van der Waals surface area contributed by atoms with Crippen molar-refractivity contribution in [3.63, 3.8) is 0 Å². The molecule has 0 aliphatic heterocycles. The van der Waals surface area contributed by atoms with Gasteiger partial charge in [-0.2, -0.15) is 0 Å². The van der Waals surface area contributed by atoms with Crippen LogP contribution in [-0.4, -0.2) is 18.1 Å². The molecule has 0 aliphatic rings. The molecule has 4 aromatic rings. The number of esters is 1. The Morgan fingerprint density at radius 3 is 2.66 bits per heavy atom. The van der Waals surface area contributed by atoms with E-state index < -0.39 is 5.97 Å². The number of pyridine rings is 1. The van der Waals surface area contributed by atoms with Gasteiger partial charge in [0.1, 0.15) is 22.8 Å². The maximum atomic E-state index is 13.1. The number of aromatic nitrogens is 1. The van der Waals surface area contributed by atoms with Crippen molar-refractivity contribution in [1.29, 1.82) is 0 Å². The lowest BCUT2D eigenvalue weighted by Crippen LogP contribution is -2.10. The second-order valence-electron chi connectivity index (χ2n) is 6.35. The minimum absolute atomic E-state index is 0.182. The lowest BCUT2D eigenvalue weighted by atomic mass is 10.0. The third-order valence-corrected chi connectivity index (χ3v) is 4.52. The highest BCUT2D eigenvalue weighted by atomic mass is 16.5. The number of nitrogens with zero attached hydrogens (tertiary/aromatic N) is 1. The van der Waals surface area contributed by atoms with E-state index in [0.717, 1.165) is 0 Å². The fourth-order valence-corrected chi connectivity index (χ4v) is 3.16. The van der Waals surface area contributed by atoms with Crippen LogP contribution in [0.2, 0.25) is 0 Å². The van der Waals surface area contributed by atoms with Gasteiger partial charge in [-0.25, -0.2) is 4.79 Å². The second-order valence-corrected chi connectivity index (χ2v) is 6.35. The number of fused-ring (bicyclic) bond motifs is 1. The Kier molecular flexibility index (Phi) is 4.83. The van der Waals surface area contributed by atoms with Crippen molar-refractivity contribution < 1.29 is 18.7 Å². The van der Waals surface area contributed by atoms with E-state index in [1.807, 2.05) is 18.2 Å². The molecule has 0 unspecified atom stereocenters. The summed E-state index contributed by atoms with van der Waals surface area (Å²) < 4.78 is 16.7. The van der Waals surface area contributed by atoms with Gasteiger partial charge in [0.05, 0.1) is 23.6 Å². The van der Waals surface area contributed by atoms with Crippen molar-refractivity contribution in [1.82, 2.24) is 4.98 Å². The van der Waals surface area contributed by atoms with E-state index in [2.05, 4.69) is 4.98 Å². The van der Waals surface area contributed by atoms with Crippen molar-refractivity contribution in [3.8, 4) is 22.6 Å². The minimum Gasteiger partial charge on any atom is -0.496 e. The Balaban J connectivity index is 1.76. The van der Waals surface area contributed by atoms with Gasteiger partial charge < -0.3 is 13.9 Å². The molecule has 0 bridgehead atoms. The summed E-state index contributed by atoms with van der Waals surface area (Å²) >= 11 is 0. The largest absolute Gasteiger partial charge is 0.496 e. The number of hydrogen-bond donors (Lipinski definition) is 0. The predicted octanol–water partition coefficient (Wildman–Crippen LogP) is 4.39. The van der Waals surface area contributed by atoms with Gasteiger partial charge in [-0.1, -0.05) is 18.2 Å². The maximum Gasteiger partial charge on any atom is 0.345 e. The van der Waals surface area contributed by atoms with Gasteiger partial charge in [-0.05, 0) is 37.3 Å². The van der Waals surface area contributed by atoms with E-state index in [-0.39, 0.29) is 11.2 Å². The summed E-state index contributed by atoms with van der Waals surface area (Å²) in [6.07, 6.45) is 3.00. The van der Waals surface area contributed by atoms with Crippen LogP contribution in [0.3, 0.4) is 0 Å². The van der Waals surface area contributed by atoms with Gasteiger partial charge in [0.25, 0.3) is 0 Å². The smallest absolute Gasteiger partial charge is 0.345 e. The molecule has 0 fully saturated rings. The molecule has 0 radical (unpaired) electrons. The summed E-state index contributed by atoms with van der Waals surface area (Å²) in [6, 6.07) is 15.2. The zero-order valence-electron chi connectivity index (χ0n) is 15.8. The van der Waals surface area contributed by atoms with Crippen LogP contribution in [0.4, 0.5) is 0 Å². The lowest BCUT2D eigenvalue weighted by molar-refractivity contribution is 0.0734. The van der Waals surface area contributed by atoms with Gasteiger partial charge in [0, 0.05) is 24.0 Å². The van der Waals surface area contributed by atoms with Crippen molar-refractivity contribution in [2.45, 2.75) is 6.92 Å². The monoisotopic (exact) mass is 387 g/mol. The fraction of sp³-hybridized carbons (Fsp3) is 0.0870. The van der Waals surface area contributed by atoms with Crippen molar-refractivity contribution >= 4 is 16.9 Å². The average molecular weight is 387 g/mol. The zero-order valence-corrected chi connectivity index (χ0v) is 15.8. The third kappa shape index (κ3) is 3.48. The SMILES string of the molecule is COc1ccccc1-c1c(C)oc2cc(OC(=O)c3cccnc3)ccc2c1=O. The fourth-order valence-electron chi connectivity index (χ4n) is 3.16. The number of hydrogen-bond acceptors (Lipinski definition) is 6. The number of para-hydroxylation sites is 1. The van der Waals surface area contributed by atoms with Crippen molar-refractivity contribution in [3.05, 3.63) is 88.5 Å². The van der Waals surface area contributed by atoms with Gasteiger partial charge in [0.2, 0.25) is 5.43 Å². The summed E-state index contributed by atoms with van der Waals surface area (Å²) in [5.74, 6) is 0.771. The maximum absolute atomic E-state index is 13.1. The standard InChI is InChI=1S/C23H17NO5/c1-14-21(17-7-3-4-8-19(17)27-2)22(25)18-10-9-16(12-20(18)28-14)29-23(26)15-6-5-11-24-13-15/h3-13H,1-2H3. The highest BCUT2D eigenvalue weighted by molar-refractivity contribution is 5.91. The van der Waals surface area contributed by atoms with Crippen LogP contribution in [0.5, 0.6) is 11.5 Å². The zero-order chi connectivity index (χ0) is 20.4. The number of carbonyl (C=O) groups is 1. The van der Waals surface area contributed by atoms with Crippen LogP contribution >= 0.6 is 0 Å². The van der Waals surface area contributed by atoms with E-state index in [1.165, 1.54) is 12.3 Å². The number of aryl methyl sites for hydroxylation is 1. The Bertz CT molecular complexity index is 1260. The Labute approximate surface area is 166 Å². The topological polar surface area (TPSA) is 78.6 Å². The summed E-state index contributed by atoms with van der Waals surface area (Å²) in [4.78, 5) is 29.3. The summed E-state index contributed by atoms with van der Waals surface area (Å²) in [7, 11) is 1.56. The first-order valence-corrected chi connectivity index (χ1v) is 8.91. The molecule has 2 aromatic carbocycles. The first-order valence-electron chi connectivity index (χ1n) is 8.91. The molecule has 4 rings (SSSR count). The molecular weight excluding hydrogens is 370 g/mol. The molecule has 2 heterocycles. The van der Waals surface area contributed by atoms with Crippen LogP contribution < -0.4 is 14.9 Å². The molecule has 0 saturated carbocycles. The van der Waals surface area contributed by atoms with E-state index in [0.29, 0.717) is 39.2 Å². The molecule has 0 saturated heterocycles. The van der Waals surface area contributed by atoms with Crippen LogP contribution in [0, 0.1) is 6.92 Å². The number of rotatable bonds is 4. The summed E-state index contributed by atoms with van der Waals surface area (Å²) in [6.45, 7) is 1.72. The molecule has 6 heteroatoms. The molecule has 0 spiro atoms. The second kappa shape index (κ2) is 7.59.